The highest BCUT2D eigenvalue weighted by Gasteiger charge is 2.30. The molecule has 4 nitrogen and oxygen atoms in total. The molecular formula is C8H15NO3. The molecule has 4 heteroatoms. The molecule has 1 N–H and O–H groups in total. The lowest BCUT2D eigenvalue weighted by molar-refractivity contribution is -0.142. The summed E-state index contributed by atoms with van der Waals surface area (Å²) in [5, 5.41) is 9.45. The first-order valence-electron chi connectivity index (χ1n) is 4.07. The third-order valence-electron chi connectivity index (χ3n) is 2.25. The fraction of sp³-hybridized carbons (Fsp3) is 0.875. The number of aliphatic hydroxyl groups excluding tert-OH is 1. The number of carbonyl (C=O) groups excluding carboxylic acids is 1. The summed E-state index contributed by atoms with van der Waals surface area (Å²) < 4.78 is 4.53. The minimum atomic E-state index is -0.380. The summed E-state index contributed by atoms with van der Waals surface area (Å²) in [5.41, 5.74) is 0. The summed E-state index contributed by atoms with van der Waals surface area (Å²) >= 11 is 0. The Bertz CT molecular complexity index is 172. The summed E-state index contributed by atoms with van der Waals surface area (Å²) in [6.45, 7) is 1.43. The fourth-order valence-corrected chi connectivity index (χ4v) is 1.56. The van der Waals surface area contributed by atoms with Crippen LogP contribution in [0.3, 0.4) is 0 Å². The van der Waals surface area contributed by atoms with Crippen LogP contribution in [0.1, 0.15) is 6.42 Å². The molecule has 0 bridgehead atoms. The summed E-state index contributed by atoms with van der Waals surface area (Å²) in [5.74, 6) is -0.197. The first-order valence-corrected chi connectivity index (χ1v) is 4.07. The molecule has 1 fully saturated rings. The van der Waals surface area contributed by atoms with Crippen LogP contribution >= 0.6 is 0 Å². The van der Waals surface area contributed by atoms with Gasteiger partial charge in [-0.3, -0.25) is 4.79 Å². The number of aliphatic hydroxyl groups is 1. The van der Waals surface area contributed by atoms with Crippen LogP contribution in [0.5, 0.6) is 0 Å². The van der Waals surface area contributed by atoms with Crippen molar-refractivity contribution < 1.29 is 14.6 Å². The Morgan fingerprint density at radius 3 is 2.75 bits per heavy atom. The highest BCUT2D eigenvalue weighted by atomic mass is 16.5. The Hall–Kier alpha value is -0.610. The fourth-order valence-electron chi connectivity index (χ4n) is 1.56. The second kappa shape index (κ2) is 3.87. The van der Waals surface area contributed by atoms with Crippen molar-refractivity contribution in [3.8, 4) is 0 Å². The largest absolute Gasteiger partial charge is 0.469 e. The molecule has 1 rings (SSSR count). The van der Waals surface area contributed by atoms with Crippen molar-refractivity contribution in [1.29, 1.82) is 0 Å². The SMILES string of the molecule is COC(=O)C[C@H]1CN(C)C[C@@H]1O. The Labute approximate surface area is 72.1 Å². The number of methoxy groups -OCH3 is 1. The molecule has 1 aliphatic rings. The molecule has 0 aromatic carbocycles. The van der Waals surface area contributed by atoms with Gasteiger partial charge in [-0.1, -0.05) is 0 Å². The molecular weight excluding hydrogens is 158 g/mol. The molecule has 0 unspecified atom stereocenters. The quantitative estimate of drug-likeness (QED) is 0.570. The lowest BCUT2D eigenvalue weighted by Gasteiger charge is -2.10. The van der Waals surface area contributed by atoms with Gasteiger partial charge in [0.25, 0.3) is 0 Å². The van der Waals surface area contributed by atoms with Crippen LogP contribution in [0.25, 0.3) is 0 Å². The smallest absolute Gasteiger partial charge is 0.305 e. The van der Waals surface area contributed by atoms with Crippen molar-refractivity contribution in [3.05, 3.63) is 0 Å². The van der Waals surface area contributed by atoms with Gasteiger partial charge >= 0.3 is 5.97 Å². The third kappa shape index (κ3) is 2.19. The topological polar surface area (TPSA) is 49.8 Å². The average molecular weight is 173 g/mol. The Morgan fingerprint density at radius 2 is 2.33 bits per heavy atom. The second-order valence-corrected chi connectivity index (χ2v) is 3.33. The van der Waals surface area contributed by atoms with Gasteiger partial charge in [0.05, 0.1) is 19.6 Å². The molecule has 0 spiro atoms. The zero-order valence-electron chi connectivity index (χ0n) is 7.49. The summed E-state index contributed by atoms with van der Waals surface area (Å²) in [6, 6.07) is 0. The van der Waals surface area contributed by atoms with E-state index >= 15 is 0 Å². The normalized spacial score (nSPS) is 30.6. The van der Waals surface area contributed by atoms with Crippen LogP contribution in [-0.4, -0.2) is 49.3 Å². The zero-order valence-corrected chi connectivity index (χ0v) is 7.49. The molecule has 12 heavy (non-hydrogen) atoms. The van der Waals surface area contributed by atoms with E-state index in [-0.39, 0.29) is 18.0 Å². The van der Waals surface area contributed by atoms with Crippen LogP contribution < -0.4 is 0 Å². The predicted molar refractivity (Wildman–Crippen MR) is 43.6 cm³/mol. The molecule has 0 aliphatic carbocycles. The molecule has 1 heterocycles. The number of hydrogen-bond donors (Lipinski definition) is 1. The lowest BCUT2D eigenvalue weighted by Crippen LogP contribution is -2.21. The molecule has 70 valence electrons. The molecule has 1 saturated heterocycles. The van der Waals surface area contributed by atoms with Crippen molar-refractivity contribution in [1.82, 2.24) is 4.90 Å². The highest BCUT2D eigenvalue weighted by molar-refractivity contribution is 5.69. The Balaban J connectivity index is 2.37. The van der Waals surface area contributed by atoms with Gasteiger partial charge in [-0.15, -0.1) is 0 Å². The van der Waals surface area contributed by atoms with Crippen molar-refractivity contribution in [3.63, 3.8) is 0 Å². The number of esters is 1. The van der Waals surface area contributed by atoms with Crippen LogP contribution in [0.15, 0.2) is 0 Å². The van der Waals surface area contributed by atoms with Crippen molar-refractivity contribution >= 4 is 5.97 Å². The zero-order chi connectivity index (χ0) is 9.14. The van der Waals surface area contributed by atoms with E-state index < -0.39 is 0 Å². The van der Waals surface area contributed by atoms with Crippen LogP contribution in [0, 0.1) is 5.92 Å². The molecule has 1 aliphatic heterocycles. The predicted octanol–water partition coefficient (Wildman–Crippen LogP) is -0.528. The molecule has 0 radical (unpaired) electrons. The van der Waals surface area contributed by atoms with Gasteiger partial charge in [0, 0.05) is 19.0 Å². The second-order valence-electron chi connectivity index (χ2n) is 3.33. The summed E-state index contributed by atoms with van der Waals surface area (Å²) in [6.07, 6.45) is -0.0590. The van der Waals surface area contributed by atoms with Gasteiger partial charge in [0.1, 0.15) is 0 Å². The minimum Gasteiger partial charge on any atom is -0.469 e. The number of hydrogen-bond acceptors (Lipinski definition) is 4. The van der Waals surface area contributed by atoms with Crippen molar-refractivity contribution in [2.24, 2.45) is 5.92 Å². The maximum Gasteiger partial charge on any atom is 0.305 e. The van der Waals surface area contributed by atoms with E-state index in [1.54, 1.807) is 0 Å². The molecule has 0 amide bonds. The van der Waals surface area contributed by atoms with Crippen molar-refractivity contribution in [2.45, 2.75) is 12.5 Å². The van der Waals surface area contributed by atoms with E-state index in [1.165, 1.54) is 7.11 Å². The van der Waals surface area contributed by atoms with E-state index in [1.807, 2.05) is 11.9 Å². The van der Waals surface area contributed by atoms with Gasteiger partial charge in [0.2, 0.25) is 0 Å². The number of likely N-dealkylation sites (N-methyl/N-ethyl adjacent to an activating group) is 1. The van der Waals surface area contributed by atoms with Gasteiger partial charge in [-0.2, -0.15) is 0 Å². The number of ether oxygens (including phenoxy) is 1. The molecule has 0 aromatic heterocycles. The van der Waals surface area contributed by atoms with E-state index in [0.29, 0.717) is 13.0 Å². The highest BCUT2D eigenvalue weighted by Crippen LogP contribution is 2.18. The third-order valence-corrected chi connectivity index (χ3v) is 2.25. The van der Waals surface area contributed by atoms with E-state index in [2.05, 4.69) is 4.74 Å². The first-order chi connectivity index (χ1) is 5.63. The van der Waals surface area contributed by atoms with E-state index in [0.717, 1.165) is 6.54 Å². The van der Waals surface area contributed by atoms with Crippen LogP contribution in [0.2, 0.25) is 0 Å². The minimum absolute atomic E-state index is 0.0439. The summed E-state index contributed by atoms with van der Waals surface area (Å²) in [7, 11) is 3.30. The Kier molecular flexibility index (Phi) is 3.05. The lowest BCUT2D eigenvalue weighted by atomic mass is 10.0. The van der Waals surface area contributed by atoms with Crippen molar-refractivity contribution in [2.75, 3.05) is 27.2 Å². The van der Waals surface area contributed by atoms with Gasteiger partial charge in [-0.05, 0) is 7.05 Å². The molecule has 2 atom stereocenters. The summed E-state index contributed by atoms with van der Waals surface area (Å²) in [4.78, 5) is 12.9. The maximum atomic E-state index is 10.9. The monoisotopic (exact) mass is 173 g/mol. The van der Waals surface area contributed by atoms with Gasteiger partial charge in [-0.25, -0.2) is 0 Å². The molecule has 0 aromatic rings. The van der Waals surface area contributed by atoms with Crippen LogP contribution in [-0.2, 0) is 9.53 Å². The number of β-amino-alcohol motifs (C(OH)–C–C–N with tert-alkyl or cyclic N) is 1. The van der Waals surface area contributed by atoms with Gasteiger partial charge in [0.15, 0.2) is 0 Å². The number of carbonyl (C=O) groups is 1. The van der Waals surface area contributed by atoms with Gasteiger partial charge < -0.3 is 14.7 Å². The Morgan fingerprint density at radius 1 is 1.67 bits per heavy atom. The number of likely N-dealkylation sites (tertiary alicyclic amines) is 1. The van der Waals surface area contributed by atoms with E-state index in [4.69, 9.17) is 0 Å². The van der Waals surface area contributed by atoms with Crippen LogP contribution in [0.4, 0.5) is 0 Å². The van der Waals surface area contributed by atoms with E-state index in [9.17, 15) is 9.90 Å². The average Bonchev–Trinajstić information content (AvgIpc) is 2.30. The standard InChI is InChI=1S/C8H15NO3/c1-9-4-6(7(10)5-9)3-8(11)12-2/h6-7,10H,3-5H2,1-2H3/t6-,7-/m0/s1. The number of rotatable bonds is 2. The molecule has 0 saturated carbocycles. The maximum absolute atomic E-state index is 10.9. The number of nitrogens with zero attached hydrogens (tertiary/aromatic N) is 1. The first kappa shape index (κ1) is 9.48.